The molecule has 0 bridgehead atoms. The molecule has 1 heterocycles. The molecule has 2 N–H and O–H groups in total. The van der Waals surface area contributed by atoms with Gasteiger partial charge in [-0.05, 0) is 82.0 Å². The van der Waals surface area contributed by atoms with Crippen LogP contribution in [0.15, 0.2) is 14.3 Å². The van der Waals surface area contributed by atoms with Gasteiger partial charge in [-0.1, -0.05) is 19.3 Å². The SMILES string of the molecule is NCCC1(CCc2cc(Br)c(Br)s2)CCCCC1. The molecule has 1 fully saturated rings. The minimum Gasteiger partial charge on any atom is -0.330 e. The summed E-state index contributed by atoms with van der Waals surface area (Å²) in [6.07, 6.45) is 10.7. The number of aryl methyl sites for hydroxylation is 1. The van der Waals surface area contributed by atoms with E-state index in [-0.39, 0.29) is 0 Å². The predicted molar refractivity (Wildman–Crippen MR) is 87.2 cm³/mol. The van der Waals surface area contributed by atoms with Crippen LogP contribution in [-0.4, -0.2) is 6.54 Å². The lowest BCUT2D eigenvalue weighted by Crippen LogP contribution is -2.27. The van der Waals surface area contributed by atoms with Gasteiger partial charge in [0.1, 0.15) is 0 Å². The lowest BCUT2D eigenvalue weighted by atomic mass is 9.69. The van der Waals surface area contributed by atoms with Crippen molar-refractivity contribution in [1.29, 1.82) is 0 Å². The molecule has 1 nitrogen and oxygen atoms in total. The van der Waals surface area contributed by atoms with Gasteiger partial charge in [-0.25, -0.2) is 0 Å². The summed E-state index contributed by atoms with van der Waals surface area (Å²) in [4.78, 5) is 1.48. The molecule has 0 spiro atoms. The van der Waals surface area contributed by atoms with Gasteiger partial charge in [0.2, 0.25) is 0 Å². The highest BCUT2D eigenvalue weighted by atomic mass is 79.9. The Morgan fingerprint density at radius 3 is 2.44 bits per heavy atom. The van der Waals surface area contributed by atoms with E-state index in [0.29, 0.717) is 5.41 Å². The fraction of sp³-hybridized carbons (Fsp3) is 0.714. The Hall–Kier alpha value is 0.620. The molecule has 0 saturated heterocycles. The van der Waals surface area contributed by atoms with E-state index in [0.717, 1.165) is 6.54 Å². The summed E-state index contributed by atoms with van der Waals surface area (Å²) >= 11 is 9.01. The number of nitrogens with two attached hydrogens (primary N) is 1. The third-order valence-electron chi connectivity index (χ3n) is 4.19. The van der Waals surface area contributed by atoms with Crippen LogP contribution >= 0.6 is 43.2 Å². The first kappa shape index (κ1) is 15.0. The topological polar surface area (TPSA) is 26.0 Å². The molecule has 0 unspecified atom stereocenters. The summed E-state index contributed by atoms with van der Waals surface area (Å²) in [6, 6.07) is 2.26. The van der Waals surface area contributed by atoms with Crippen LogP contribution in [0.2, 0.25) is 0 Å². The van der Waals surface area contributed by atoms with Gasteiger partial charge in [-0.15, -0.1) is 11.3 Å². The van der Waals surface area contributed by atoms with Crippen LogP contribution < -0.4 is 5.73 Å². The molecule has 0 radical (unpaired) electrons. The van der Waals surface area contributed by atoms with Crippen molar-refractivity contribution in [1.82, 2.24) is 0 Å². The molecule has 0 aromatic carbocycles. The molecule has 1 aromatic rings. The first-order valence-corrected chi connectivity index (χ1v) is 9.19. The fourth-order valence-corrected chi connectivity index (χ4v) is 5.31. The summed E-state index contributed by atoms with van der Waals surface area (Å²) in [5, 5.41) is 0. The van der Waals surface area contributed by atoms with E-state index in [1.165, 1.54) is 64.5 Å². The zero-order valence-corrected chi connectivity index (χ0v) is 14.7. The van der Waals surface area contributed by atoms with Gasteiger partial charge < -0.3 is 5.73 Å². The van der Waals surface area contributed by atoms with Crippen molar-refractivity contribution in [3.63, 3.8) is 0 Å². The Morgan fingerprint density at radius 1 is 1.17 bits per heavy atom. The van der Waals surface area contributed by atoms with Crippen molar-refractivity contribution in [2.24, 2.45) is 11.1 Å². The summed E-state index contributed by atoms with van der Waals surface area (Å²) in [7, 11) is 0. The molecule has 1 aliphatic carbocycles. The average molecular weight is 395 g/mol. The zero-order chi connectivity index (χ0) is 13.0. The predicted octanol–water partition coefficient (Wildman–Crippen LogP) is 5.51. The Kier molecular flexibility index (Phi) is 5.73. The molecule has 0 atom stereocenters. The molecule has 2 rings (SSSR count). The van der Waals surface area contributed by atoms with E-state index in [2.05, 4.69) is 37.9 Å². The smallest absolute Gasteiger partial charge is 0.0843 e. The first-order valence-electron chi connectivity index (χ1n) is 6.79. The zero-order valence-electron chi connectivity index (χ0n) is 10.7. The maximum absolute atomic E-state index is 5.83. The van der Waals surface area contributed by atoms with Crippen molar-refractivity contribution in [3.05, 3.63) is 19.2 Å². The fourth-order valence-electron chi connectivity index (χ4n) is 3.14. The third-order valence-corrected chi connectivity index (χ3v) is 7.50. The van der Waals surface area contributed by atoms with Gasteiger partial charge in [-0.2, -0.15) is 0 Å². The molecule has 0 amide bonds. The Labute approximate surface area is 131 Å². The standard InChI is InChI=1S/C14H21Br2NS/c15-12-10-11(18-13(12)16)4-7-14(8-9-17)5-2-1-3-6-14/h10H,1-9,17H2. The van der Waals surface area contributed by atoms with Crippen LogP contribution in [-0.2, 0) is 6.42 Å². The second-order valence-electron chi connectivity index (χ2n) is 5.43. The van der Waals surface area contributed by atoms with Gasteiger partial charge in [0.05, 0.1) is 3.79 Å². The Balaban J connectivity index is 1.96. The minimum atomic E-state index is 0.538. The van der Waals surface area contributed by atoms with Gasteiger partial charge in [0.25, 0.3) is 0 Å². The summed E-state index contributed by atoms with van der Waals surface area (Å²) < 4.78 is 2.41. The highest BCUT2D eigenvalue weighted by molar-refractivity contribution is 9.13. The monoisotopic (exact) mass is 393 g/mol. The first-order chi connectivity index (χ1) is 8.65. The second kappa shape index (κ2) is 6.87. The van der Waals surface area contributed by atoms with Gasteiger partial charge >= 0.3 is 0 Å². The average Bonchev–Trinajstić information content (AvgIpc) is 2.68. The molecule has 4 heteroatoms. The van der Waals surface area contributed by atoms with Crippen LogP contribution in [0.4, 0.5) is 0 Å². The van der Waals surface area contributed by atoms with E-state index < -0.39 is 0 Å². The molecule has 18 heavy (non-hydrogen) atoms. The molecule has 102 valence electrons. The number of halogens is 2. The van der Waals surface area contributed by atoms with Gasteiger partial charge in [0, 0.05) is 9.35 Å². The normalized spacial score (nSPS) is 19.1. The molecular weight excluding hydrogens is 374 g/mol. The van der Waals surface area contributed by atoms with Crippen LogP contribution in [0.3, 0.4) is 0 Å². The van der Waals surface area contributed by atoms with Gasteiger partial charge in [0.15, 0.2) is 0 Å². The quantitative estimate of drug-likeness (QED) is 0.700. The van der Waals surface area contributed by atoms with Crippen molar-refractivity contribution in [2.75, 3.05) is 6.54 Å². The molecule has 1 aliphatic rings. The maximum atomic E-state index is 5.83. The largest absolute Gasteiger partial charge is 0.330 e. The number of rotatable bonds is 5. The molecule has 0 aliphatic heterocycles. The highest BCUT2D eigenvalue weighted by Gasteiger charge is 2.30. The number of hydrogen-bond donors (Lipinski definition) is 1. The van der Waals surface area contributed by atoms with Crippen molar-refractivity contribution < 1.29 is 0 Å². The van der Waals surface area contributed by atoms with Crippen LogP contribution in [0, 0.1) is 5.41 Å². The Bertz CT molecular complexity index is 358. The van der Waals surface area contributed by atoms with Crippen LogP contribution in [0.1, 0.15) is 49.8 Å². The minimum absolute atomic E-state index is 0.538. The van der Waals surface area contributed by atoms with Crippen molar-refractivity contribution in [2.45, 2.75) is 51.4 Å². The Morgan fingerprint density at radius 2 is 1.89 bits per heavy atom. The van der Waals surface area contributed by atoms with E-state index >= 15 is 0 Å². The second-order valence-corrected chi connectivity index (χ2v) is 8.74. The summed E-state index contributed by atoms with van der Waals surface area (Å²) in [6.45, 7) is 0.845. The lowest BCUT2D eigenvalue weighted by Gasteiger charge is -2.37. The van der Waals surface area contributed by atoms with E-state index in [1.54, 1.807) is 0 Å². The summed E-state index contributed by atoms with van der Waals surface area (Å²) in [5.74, 6) is 0. The lowest BCUT2D eigenvalue weighted by molar-refractivity contribution is 0.161. The molecular formula is C14H21Br2NS. The van der Waals surface area contributed by atoms with Crippen LogP contribution in [0.25, 0.3) is 0 Å². The maximum Gasteiger partial charge on any atom is 0.0843 e. The van der Waals surface area contributed by atoms with Crippen molar-refractivity contribution >= 4 is 43.2 Å². The third kappa shape index (κ3) is 3.81. The van der Waals surface area contributed by atoms with E-state index in [4.69, 9.17) is 5.73 Å². The summed E-state index contributed by atoms with van der Waals surface area (Å²) in [5.41, 5.74) is 6.37. The number of thiophene rings is 1. The highest BCUT2D eigenvalue weighted by Crippen LogP contribution is 2.43. The molecule has 1 aromatic heterocycles. The van der Waals surface area contributed by atoms with Gasteiger partial charge in [-0.3, -0.25) is 0 Å². The van der Waals surface area contributed by atoms with Crippen LogP contribution in [0.5, 0.6) is 0 Å². The van der Waals surface area contributed by atoms with Crippen molar-refractivity contribution in [3.8, 4) is 0 Å². The van der Waals surface area contributed by atoms with E-state index in [1.807, 2.05) is 11.3 Å². The molecule has 1 saturated carbocycles. The number of hydrogen-bond acceptors (Lipinski definition) is 2. The van der Waals surface area contributed by atoms with E-state index in [9.17, 15) is 0 Å².